The van der Waals surface area contributed by atoms with Gasteiger partial charge in [0.05, 0.1) is 10.6 Å². The zero-order valence-electron chi connectivity index (χ0n) is 10.0. The Labute approximate surface area is 133 Å². The molecule has 0 aliphatic heterocycles. The van der Waals surface area contributed by atoms with Crippen molar-refractivity contribution < 1.29 is 4.79 Å². The molecular weight excluding hydrogens is 393 g/mol. The highest BCUT2D eigenvalue weighted by Crippen LogP contribution is 2.26. The second kappa shape index (κ2) is 6.07. The Morgan fingerprint density at radius 1 is 1.11 bits per heavy atom. The highest BCUT2D eigenvalue weighted by molar-refractivity contribution is 9.10. The van der Waals surface area contributed by atoms with Gasteiger partial charge in [0.1, 0.15) is 0 Å². The minimum atomic E-state index is -0.162. The van der Waals surface area contributed by atoms with Gasteiger partial charge in [-0.25, -0.2) is 0 Å². The lowest BCUT2D eigenvalue weighted by Gasteiger charge is -2.08. The number of aryl methyl sites for hydroxylation is 1. The average Bonchev–Trinajstić information content (AvgIpc) is 2.36. The van der Waals surface area contributed by atoms with Crippen molar-refractivity contribution in [3.05, 3.63) is 61.5 Å². The van der Waals surface area contributed by atoms with E-state index in [1.165, 1.54) is 0 Å². The van der Waals surface area contributed by atoms with Crippen molar-refractivity contribution in [2.45, 2.75) is 6.92 Å². The van der Waals surface area contributed by atoms with E-state index >= 15 is 0 Å². The van der Waals surface area contributed by atoms with E-state index in [1.54, 1.807) is 18.2 Å². The third-order valence-electron chi connectivity index (χ3n) is 2.54. The van der Waals surface area contributed by atoms with E-state index in [0.29, 0.717) is 16.3 Å². The molecule has 0 aromatic heterocycles. The minimum absolute atomic E-state index is 0.162. The molecule has 0 spiro atoms. The molecule has 19 heavy (non-hydrogen) atoms. The van der Waals surface area contributed by atoms with Crippen LogP contribution in [0.2, 0.25) is 5.02 Å². The lowest BCUT2D eigenvalue weighted by Crippen LogP contribution is -2.12. The zero-order chi connectivity index (χ0) is 14.0. The number of hydrogen-bond acceptors (Lipinski definition) is 1. The van der Waals surface area contributed by atoms with E-state index in [2.05, 4.69) is 37.2 Å². The molecule has 0 aliphatic rings. The molecule has 0 radical (unpaired) electrons. The van der Waals surface area contributed by atoms with Gasteiger partial charge in [-0.15, -0.1) is 0 Å². The summed E-state index contributed by atoms with van der Waals surface area (Å²) in [5.74, 6) is -0.162. The standard InChI is InChI=1S/C14H10Br2ClNO/c1-8-2-4-11(15)10(6-8)14(19)18-9-3-5-13(17)12(16)7-9/h2-7H,1H3,(H,18,19). The minimum Gasteiger partial charge on any atom is -0.322 e. The zero-order valence-corrected chi connectivity index (χ0v) is 13.9. The van der Waals surface area contributed by atoms with E-state index in [4.69, 9.17) is 11.6 Å². The van der Waals surface area contributed by atoms with Gasteiger partial charge in [0, 0.05) is 14.6 Å². The van der Waals surface area contributed by atoms with Crippen LogP contribution in [0.4, 0.5) is 5.69 Å². The molecule has 1 amide bonds. The van der Waals surface area contributed by atoms with Crippen LogP contribution in [-0.4, -0.2) is 5.91 Å². The first-order valence-electron chi connectivity index (χ1n) is 5.50. The number of carbonyl (C=O) groups excluding carboxylic acids is 1. The maximum absolute atomic E-state index is 12.2. The molecule has 0 fully saturated rings. The molecule has 2 nitrogen and oxygen atoms in total. The number of amides is 1. The number of rotatable bonds is 2. The van der Waals surface area contributed by atoms with Crippen molar-refractivity contribution in [1.29, 1.82) is 0 Å². The molecule has 0 unspecified atom stereocenters. The second-order valence-corrected chi connectivity index (χ2v) is 6.18. The summed E-state index contributed by atoms with van der Waals surface area (Å²) in [5, 5.41) is 3.44. The topological polar surface area (TPSA) is 29.1 Å². The van der Waals surface area contributed by atoms with Gasteiger partial charge in [-0.05, 0) is 69.1 Å². The van der Waals surface area contributed by atoms with Gasteiger partial charge in [-0.1, -0.05) is 23.2 Å². The van der Waals surface area contributed by atoms with E-state index in [9.17, 15) is 4.79 Å². The third-order valence-corrected chi connectivity index (χ3v) is 4.45. The normalized spacial score (nSPS) is 10.3. The molecule has 2 aromatic carbocycles. The van der Waals surface area contributed by atoms with Gasteiger partial charge >= 0.3 is 0 Å². The number of nitrogens with one attached hydrogen (secondary N) is 1. The molecule has 2 rings (SSSR count). The molecule has 0 aliphatic carbocycles. The Balaban J connectivity index is 2.25. The fourth-order valence-corrected chi connectivity index (χ4v) is 2.51. The SMILES string of the molecule is Cc1ccc(Br)c(C(=O)Nc2ccc(Cl)c(Br)c2)c1. The van der Waals surface area contributed by atoms with Crippen LogP contribution in [0.25, 0.3) is 0 Å². The molecule has 2 aromatic rings. The first kappa shape index (κ1) is 14.6. The first-order chi connectivity index (χ1) is 8.97. The summed E-state index contributed by atoms with van der Waals surface area (Å²) in [4.78, 5) is 12.2. The van der Waals surface area contributed by atoms with Gasteiger partial charge < -0.3 is 5.32 Å². The molecule has 0 atom stereocenters. The smallest absolute Gasteiger partial charge is 0.256 e. The number of hydrogen-bond donors (Lipinski definition) is 1. The lowest BCUT2D eigenvalue weighted by atomic mass is 10.1. The molecule has 0 saturated heterocycles. The van der Waals surface area contributed by atoms with Crippen molar-refractivity contribution in [2.75, 3.05) is 5.32 Å². The van der Waals surface area contributed by atoms with Gasteiger partial charge in [-0.2, -0.15) is 0 Å². The Morgan fingerprint density at radius 2 is 1.84 bits per heavy atom. The largest absolute Gasteiger partial charge is 0.322 e. The van der Waals surface area contributed by atoms with E-state index < -0.39 is 0 Å². The van der Waals surface area contributed by atoms with Crippen molar-refractivity contribution in [1.82, 2.24) is 0 Å². The van der Waals surface area contributed by atoms with E-state index in [-0.39, 0.29) is 5.91 Å². The highest BCUT2D eigenvalue weighted by Gasteiger charge is 2.11. The van der Waals surface area contributed by atoms with Gasteiger partial charge in [0.2, 0.25) is 0 Å². The molecule has 98 valence electrons. The monoisotopic (exact) mass is 401 g/mol. The van der Waals surface area contributed by atoms with Gasteiger partial charge in [0.15, 0.2) is 0 Å². The summed E-state index contributed by atoms with van der Waals surface area (Å²) in [7, 11) is 0. The number of carbonyl (C=O) groups is 1. The summed E-state index contributed by atoms with van der Waals surface area (Å²) < 4.78 is 1.51. The van der Waals surface area contributed by atoms with Crippen molar-refractivity contribution in [2.24, 2.45) is 0 Å². The van der Waals surface area contributed by atoms with Crippen molar-refractivity contribution >= 4 is 55.1 Å². The summed E-state index contributed by atoms with van der Waals surface area (Å²) in [6, 6.07) is 10.9. The van der Waals surface area contributed by atoms with Crippen LogP contribution in [0.3, 0.4) is 0 Å². The van der Waals surface area contributed by atoms with Crippen LogP contribution >= 0.6 is 43.5 Å². The first-order valence-corrected chi connectivity index (χ1v) is 7.46. The van der Waals surface area contributed by atoms with Gasteiger partial charge in [0.25, 0.3) is 5.91 Å². The van der Waals surface area contributed by atoms with E-state index in [1.807, 2.05) is 25.1 Å². The third kappa shape index (κ3) is 3.59. The predicted molar refractivity (Wildman–Crippen MR) is 86.0 cm³/mol. The van der Waals surface area contributed by atoms with Crippen LogP contribution in [0, 0.1) is 6.92 Å². The molecule has 5 heteroatoms. The Hall–Kier alpha value is -0.840. The van der Waals surface area contributed by atoms with Crippen molar-refractivity contribution in [3.63, 3.8) is 0 Å². The van der Waals surface area contributed by atoms with Crippen LogP contribution in [-0.2, 0) is 0 Å². The Morgan fingerprint density at radius 3 is 2.53 bits per heavy atom. The summed E-state index contributed by atoms with van der Waals surface area (Å²) >= 11 is 12.6. The molecule has 1 N–H and O–H groups in total. The van der Waals surface area contributed by atoms with Crippen LogP contribution in [0.15, 0.2) is 45.3 Å². The summed E-state index contributed by atoms with van der Waals surface area (Å²) in [6.07, 6.45) is 0. The van der Waals surface area contributed by atoms with Crippen LogP contribution < -0.4 is 5.32 Å². The predicted octanol–water partition coefficient (Wildman–Crippen LogP) is 5.43. The number of anilines is 1. The number of halogens is 3. The second-order valence-electron chi connectivity index (χ2n) is 4.07. The highest BCUT2D eigenvalue weighted by atomic mass is 79.9. The molecule has 0 saturated carbocycles. The van der Waals surface area contributed by atoms with Crippen LogP contribution in [0.1, 0.15) is 15.9 Å². The molecule has 0 heterocycles. The maximum Gasteiger partial charge on any atom is 0.256 e. The summed E-state index contributed by atoms with van der Waals surface area (Å²) in [5.41, 5.74) is 2.33. The van der Waals surface area contributed by atoms with Crippen LogP contribution in [0.5, 0.6) is 0 Å². The molecular formula is C14H10Br2ClNO. The van der Waals surface area contributed by atoms with Gasteiger partial charge in [-0.3, -0.25) is 4.79 Å². The fourth-order valence-electron chi connectivity index (χ4n) is 1.59. The van der Waals surface area contributed by atoms with E-state index in [0.717, 1.165) is 14.5 Å². The quantitative estimate of drug-likeness (QED) is 0.712. The maximum atomic E-state index is 12.2. The van der Waals surface area contributed by atoms with Crippen molar-refractivity contribution in [3.8, 4) is 0 Å². The Bertz CT molecular complexity index is 643. The molecule has 0 bridgehead atoms. The average molecular weight is 404 g/mol. The lowest BCUT2D eigenvalue weighted by molar-refractivity contribution is 0.102. The Kier molecular flexibility index (Phi) is 4.66. The fraction of sp³-hybridized carbons (Fsp3) is 0.0714. The number of benzene rings is 2. The summed E-state index contributed by atoms with van der Waals surface area (Å²) in [6.45, 7) is 1.95.